The lowest BCUT2D eigenvalue weighted by atomic mass is 9.97. The fourth-order valence-electron chi connectivity index (χ4n) is 2.65. The van der Waals surface area contributed by atoms with Gasteiger partial charge in [-0.05, 0) is 18.8 Å². The van der Waals surface area contributed by atoms with Crippen molar-refractivity contribution >= 4 is 5.91 Å². The third kappa shape index (κ3) is 1.48. The molecular formula is C12H15N3O3. The van der Waals surface area contributed by atoms with Crippen LogP contribution in [-0.4, -0.2) is 33.3 Å². The number of aromatic nitrogens is 1. The van der Waals surface area contributed by atoms with Crippen LogP contribution in [-0.2, 0) is 0 Å². The molecule has 6 heteroatoms. The Morgan fingerprint density at radius 3 is 2.94 bits per heavy atom. The lowest BCUT2D eigenvalue weighted by Crippen LogP contribution is -2.57. The number of fused-ring (bicyclic) bond motifs is 2. The Kier molecular flexibility index (Phi) is 2.33. The predicted octanol–water partition coefficient (Wildman–Crippen LogP) is 0.309. The van der Waals surface area contributed by atoms with Crippen molar-refractivity contribution in [2.24, 2.45) is 5.92 Å². The molecule has 3 rings (SSSR count). The molecule has 18 heavy (non-hydrogen) atoms. The number of hydrogen-bond donors (Lipinski definition) is 2. The third-order valence-corrected chi connectivity index (χ3v) is 3.64. The smallest absolute Gasteiger partial charge is 0.278 e. The number of rotatable bonds is 0. The number of carbonyl (C=O) groups excluding carboxylic acids is 1. The minimum absolute atomic E-state index is 0.0350. The molecule has 2 aliphatic rings. The number of piperidine rings is 1. The monoisotopic (exact) mass is 249 g/mol. The first kappa shape index (κ1) is 11.1. The minimum atomic E-state index is -0.528. The molecule has 1 amide bonds. The lowest BCUT2D eigenvalue weighted by Gasteiger charge is -2.43. The largest absolute Gasteiger partial charge is 0.502 e. The van der Waals surface area contributed by atoms with Crippen LogP contribution >= 0.6 is 0 Å². The summed E-state index contributed by atoms with van der Waals surface area (Å²) in [5, 5.41) is 9.75. The van der Waals surface area contributed by atoms with Crippen molar-refractivity contribution in [3.63, 3.8) is 0 Å². The number of pyridine rings is 1. The quantitative estimate of drug-likeness (QED) is 0.694. The van der Waals surface area contributed by atoms with E-state index in [4.69, 9.17) is 0 Å². The van der Waals surface area contributed by atoms with E-state index in [1.165, 1.54) is 16.9 Å². The zero-order chi connectivity index (χ0) is 12.9. The molecule has 1 saturated heterocycles. The first-order valence-electron chi connectivity index (χ1n) is 6.10. The first-order valence-corrected chi connectivity index (χ1v) is 6.10. The van der Waals surface area contributed by atoms with Gasteiger partial charge in [0.25, 0.3) is 5.91 Å². The molecule has 2 aliphatic heterocycles. The van der Waals surface area contributed by atoms with Crippen LogP contribution in [0.15, 0.2) is 17.1 Å². The van der Waals surface area contributed by atoms with E-state index in [1.807, 2.05) is 0 Å². The summed E-state index contributed by atoms with van der Waals surface area (Å²) >= 11 is 0. The number of nitrogens with zero attached hydrogens (tertiary/aromatic N) is 2. The first-order chi connectivity index (χ1) is 8.58. The molecule has 0 spiro atoms. The molecule has 3 heterocycles. The van der Waals surface area contributed by atoms with Gasteiger partial charge in [-0.3, -0.25) is 14.3 Å². The molecule has 1 aromatic rings. The van der Waals surface area contributed by atoms with Crippen molar-refractivity contribution in [2.75, 3.05) is 12.0 Å². The minimum Gasteiger partial charge on any atom is -0.502 e. The zero-order valence-corrected chi connectivity index (χ0v) is 10.1. The highest BCUT2D eigenvalue weighted by Gasteiger charge is 2.37. The molecular weight excluding hydrogens is 234 g/mol. The van der Waals surface area contributed by atoms with Crippen LogP contribution in [0.25, 0.3) is 0 Å². The standard InChI is InChI=1S/C12H15N3O3/c1-7-2-3-9-13-15-5-4-8(16)11(17)10(15)12(18)14(9)6-7/h4-5,7,9,13,17H,2-3,6H2,1H3/t7?,9-/m0/s1. The Morgan fingerprint density at radius 1 is 1.39 bits per heavy atom. The molecule has 2 N–H and O–H groups in total. The Balaban J connectivity index is 2.08. The summed E-state index contributed by atoms with van der Waals surface area (Å²) in [4.78, 5) is 25.4. The average Bonchev–Trinajstić information content (AvgIpc) is 2.35. The number of amides is 1. The van der Waals surface area contributed by atoms with E-state index < -0.39 is 11.2 Å². The van der Waals surface area contributed by atoms with Crippen LogP contribution < -0.4 is 10.9 Å². The topological polar surface area (TPSA) is 74.6 Å². The highest BCUT2D eigenvalue weighted by molar-refractivity contribution is 5.96. The molecule has 0 radical (unpaired) electrons. The summed E-state index contributed by atoms with van der Waals surface area (Å²) in [6.07, 6.45) is 3.37. The van der Waals surface area contributed by atoms with Gasteiger partial charge in [0.15, 0.2) is 11.4 Å². The summed E-state index contributed by atoms with van der Waals surface area (Å²) < 4.78 is 1.45. The Morgan fingerprint density at radius 2 is 2.17 bits per heavy atom. The van der Waals surface area contributed by atoms with E-state index in [1.54, 1.807) is 4.90 Å². The van der Waals surface area contributed by atoms with Gasteiger partial charge in [0.05, 0.1) is 0 Å². The van der Waals surface area contributed by atoms with E-state index in [0.717, 1.165) is 12.8 Å². The Labute approximate surface area is 104 Å². The molecule has 0 aliphatic carbocycles. The molecule has 0 saturated carbocycles. The number of hydrogen-bond acceptors (Lipinski definition) is 4. The second kappa shape index (κ2) is 3.76. The van der Waals surface area contributed by atoms with Crippen molar-refractivity contribution in [3.8, 4) is 5.75 Å². The van der Waals surface area contributed by atoms with E-state index in [9.17, 15) is 14.7 Å². The fraction of sp³-hybridized carbons (Fsp3) is 0.500. The van der Waals surface area contributed by atoms with Crippen molar-refractivity contribution in [2.45, 2.75) is 25.9 Å². The molecule has 1 fully saturated rings. The molecule has 0 aromatic carbocycles. The number of carbonyl (C=O) groups is 1. The van der Waals surface area contributed by atoms with E-state index >= 15 is 0 Å². The van der Waals surface area contributed by atoms with Gasteiger partial charge < -0.3 is 15.4 Å². The highest BCUT2D eigenvalue weighted by Crippen LogP contribution is 2.27. The summed E-state index contributed by atoms with van der Waals surface area (Å²) in [6.45, 7) is 2.75. The fourth-order valence-corrected chi connectivity index (χ4v) is 2.65. The van der Waals surface area contributed by atoms with Gasteiger partial charge in [-0.1, -0.05) is 6.92 Å². The zero-order valence-electron chi connectivity index (χ0n) is 10.1. The van der Waals surface area contributed by atoms with Crippen LogP contribution in [0.5, 0.6) is 5.75 Å². The van der Waals surface area contributed by atoms with Crippen molar-refractivity contribution in [1.82, 2.24) is 9.58 Å². The summed E-state index contributed by atoms with van der Waals surface area (Å²) in [5.41, 5.74) is 2.65. The van der Waals surface area contributed by atoms with Crippen molar-refractivity contribution < 1.29 is 9.90 Å². The van der Waals surface area contributed by atoms with Crippen LogP contribution in [0.3, 0.4) is 0 Å². The maximum Gasteiger partial charge on any atom is 0.278 e. The van der Waals surface area contributed by atoms with Crippen LogP contribution in [0.1, 0.15) is 30.3 Å². The van der Waals surface area contributed by atoms with Gasteiger partial charge in [0.1, 0.15) is 6.17 Å². The third-order valence-electron chi connectivity index (χ3n) is 3.64. The van der Waals surface area contributed by atoms with Gasteiger partial charge in [-0.25, -0.2) is 0 Å². The molecule has 1 unspecified atom stereocenters. The summed E-state index contributed by atoms with van der Waals surface area (Å²) in [5.74, 6) is -0.316. The molecule has 1 aromatic heterocycles. The Bertz CT molecular complexity index is 566. The van der Waals surface area contributed by atoms with E-state index in [-0.39, 0.29) is 17.8 Å². The maximum atomic E-state index is 12.3. The van der Waals surface area contributed by atoms with E-state index in [2.05, 4.69) is 12.3 Å². The van der Waals surface area contributed by atoms with Gasteiger partial charge in [0, 0.05) is 18.8 Å². The van der Waals surface area contributed by atoms with Gasteiger partial charge >= 0.3 is 0 Å². The predicted molar refractivity (Wildman–Crippen MR) is 65.0 cm³/mol. The van der Waals surface area contributed by atoms with Crippen LogP contribution in [0.2, 0.25) is 0 Å². The average molecular weight is 249 g/mol. The Hall–Kier alpha value is -1.98. The molecule has 2 atom stereocenters. The number of nitrogens with one attached hydrogen (secondary N) is 1. The van der Waals surface area contributed by atoms with E-state index in [0.29, 0.717) is 12.5 Å². The van der Waals surface area contributed by atoms with Crippen LogP contribution in [0.4, 0.5) is 0 Å². The van der Waals surface area contributed by atoms with Gasteiger partial charge in [0.2, 0.25) is 5.43 Å². The summed E-state index contributed by atoms with van der Waals surface area (Å²) in [6, 6.07) is 1.25. The summed E-state index contributed by atoms with van der Waals surface area (Å²) in [7, 11) is 0. The maximum absolute atomic E-state index is 12.3. The number of aromatic hydroxyl groups is 1. The van der Waals surface area contributed by atoms with Crippen molar-refractivity contribution in [1.29, 1.82) is 0 Å². The SMILES string of the molecule is CC1CC[C@H]2Nn3ccc(=O)c(O)c3C(=O)N2C1. The normalized spacial score (nSPS) is 26.3. The highest BCUT2D eigenvalue weighted by atomic mass is 16.3. The molecule has 96 valence electrons. The van der Waals surface area contributed by atoms with Crippen LogP contribution in [0, 0.1) is 5.92 Å². The second-order valence-corrected chi connectivity index (χ2v) is 5.03. The molecule has 6 nitrogen and oxygen atoms in total. The van der Waals surface area contributed by atoms with Crippen molar-refractivity contribution in [3.05, 3.63) is 28.2 Å². The lowest BCUT2D eigenvalue weighted by molar-refractivity contribution is 0.0503. The van der Waals surface area contributed by atoms with Gasteiger partial charge in [-0.15, -0.1) is 0 Å². The molecule has 0 bridgehead atoms. The van der Waals surface area contributed by atoms with Gasteiger partial charge in [-0.2, -0.15) is 0 Å². The second-order valence-electron chi connectivity index (χ2n) is 5.03.